The van der Waals surface area contributed by atoms with Crippen LogP contribution in [0.5, 0.6) is 5.75 Å². The molecule has 0 aliphatic heterocycles. The van der Waals surface area contributed by atoms with Crippen molar-refractivity contribution in [2.24, 2.45) is 0 Å². The number of carbonyl (C=O) groups excluding carboxylic acids is 4. The van der Waals surface area contributed by atoms with Gasteiger partial charge in [0.2, 0.25) is 0 Å². The van der Waals surface area contributed by atoms with Crippen molar-refractivity contribution in [2.45, 2.75) is 25.7 Å². The number of fused-ring (bicyclic) bond motifs is 1. The predicted molar refractivity (Wildman–Crippen MR) is 238 cm³/mol. The van der Waals surface area contributed by atoms with E-state index in [1.807, 2.05) is 35.2 Å². The predicted octanol–water partition coefficient (Wildman–Crippen LogP) is 6.99. The summed E-state index contributed by atoms with van der Waals surface area (Å²) in [7, 11) is 3.03. The minimum Gasteiger partial charge on any atom is -0.480 e. The molecule has 332 valence electrons. The lowest BCUT2D eigenvalue weighted by Gasteiger charge is -2.23. The smallest absolute Gasteiger partial charge is 0.415 e. The molecule has 0 spiro atoms. The van der Waals surface area contributed by atoms with Crippen molar-refractivity contribution < 1.29 is 47.7 Å². The maximum absolute atomic E-state index is 12.8. The van der Waals surface area contributed by atoms with Crippen LogP contribution < -0.4 is 25.9 Å². The molecule has 63 heavy (non-hydrogen) atoms. The second-order valence-electron chi connectivity index (χ2n) is 14.2. The van der Waals surface area contributed by atoms with Gasteiger partial charge in [-0.1, -0.05) is 54.6 Å². The zero-order valence-corrected chi connectivity index (χ0v) is 36.1. The fourth-order valence-corrected chi connectivity index (χ4v) is 6.43. The van der Waals surface area contributed by atoms with Gasteiger partial charge in [-0.3, -0.25) is 4.79 Å². The maximum atomic E-state index is 12.8. The number of ether oxygens (including phenoxy) is 3. The molecule has 18 heteroatoms. The van der Waals surface area contributed by atoms with E-state index < -0.39 is 42.5 Å². The van der Waals surface area contributed by atoms with Gasteiger partial charge in [0, 0.05) is 86.8 Å². The fourth-order valence-electron chi connectivity index (χ4n) is 6.02. The van der Waals surface area contributed by atoms with Crippen molar-refractivity contribution in [1.82, 2.24) is 15.1 Å². The number of likely N-dealkylation sites (N-methyl/N-ethyl adjacent to an activating group) is 2. The highest BCUT2D eigenvalue weighted by molar-refractivity contribution is 6.18. The van der Waals surface area contributed by atoms with E-state index in [1.54, 1.807) is 54.6 Å². The molecule has 1 atom stereocenters. The second kappa shape index (κ2) is 23.4. The molecule has 5 aromatic rings. The topological polar surface area (TPSA) is 197 Å². The van der Waals surface area contributed by atoms with Crippen LogP contribution in [0, 0.1) is 0 Å². The Balaban J connectivity index is 1.04. The average Bonchev–Trinajstić information content (AvgIpc) is 3.28. The third kappa shape index (κ3) is 14.4. The number of nitrogens with one attached hydrogen (secondary N) is 2. The number of carboxylic acid groups (broad SMARTS) is 1. The molecule has 16 nitrogen and oxygen atoms in total. The molecule has 1 heterocycles. The number of alkyl halides is 2. The summed E-state index contributed by atoms with van der Waals surface area (Å²) < 4.78 is 21.4. The molecular weight excluding hydrogens is 857 g/mol. The number of hydrogen-bond acceptors (Lipinski definition) is 12. The summed E-state index contributed by atoms with van der Waals surface area (Å²) in [5, 5.41) is 15.6. The van der Waals surface area contributed by atoms with E-state index in [-0.39, 0.29) is 55.3 Å². The molecule has 0 saturated heterocycles. The summed E-state index contributed by atoms with van der Waals surface area (Å²) in [5.41, 5.74) is 2.90. The van der Waals surface area contributed by atoms with Crippen LogP contribution in [-0.2, 0) is 33.9 Å². The summed E-state index contributed by atoms with van der Waals surface area (Å²) in [4.78, 5) is 79.8. The van der Waals surface area contributed by atoms with Gasteiger partial charge in [-0.15, -0.1) is 23.2 Å². The minimum absolute atomic E-state index is 0.00946. The molecule has 0 aliphatic carbocycles. The van der Waals surface area contributed by atoms with E-state index in [2.05, 4.69) is 10.6 Å². The lowest BCUT2D eigenvalue weighted by molar-refractivity contribution is -0.139. The van der Waals surface area contributed by atoms with Gasteiger partial charge in [0.1, 0.15) is 30.6 Å². The largest absolute Gasteiger partial charge is 0.480 e. The summed E-state index contributed by atoms with van der Waals surface area (Å²) in [6, 6.07) is 27.8. The highest BCUT2D eigenvalue weighted by Gasteiger charge is 2.22. The van der Waals surface area contributed by atoms with Crippen LogP contribution >= 0.6 is 23.2 Å². The first kappa shape index (κ1) is 47.3. The number of anilines is 2. The summed E-state index contributed by atoms with van der Waals surface area (Å²) >= 11 is 11.8. The highest BCUT2D eigenvalue weighted by atomic mass is 35.5. The van der Waals surface area contributed by atoms with E-state index in [0.29, 0.717) is 41.4 Å². The maximum Gasteiger partial charge on any atom is 0.415 e. The number of benzene rings is 4. The number of carbonyl (C=O) groups is 5. The Bertz CT molecular complexity index is 2390. The van der Waals surface area contributed by atoms with E-state index in [1.165, 1.54) is 42.1 Å². The van der Waals surface area contributed by atoms with Crippen LogP contribution in [0.1, 0.15) is 27.0 Å². The molecule has 0 bridgehead atoms. The Morgan fingerprint density at radius 1 is 0.746 bits per heavy atom. The number of hydrogen-bond donors (Lipinski definition) is 3. The number of nitrogens with zero attached hydrogens (tertiary/aromatic N) is 3. The molecule has 1 aromatic heterocycles. The standard InChI is InChI=1S/C45H47Cl2N5O11/c1-50(44(58)61-28-31-8-13-35(14-9-31)48-27-39(53)32-6-4-3-5-7-32)22-23-51(2)45(59)62-37-17-12-33-25-34(42(56)63-40(33)26-37)29-60-43(57)49-38(41(54)55)24-30-10-15-36(16-11-30)52(20-18-46)21-19-47/h3-17,25-26,38,48H,18-24,27-29H2,1-2H3,(H,49,57)(H,54,55). The Labute approximate surface area is 373 Å². The number of aliphatic carboxylic acids is 1. The van der Waals surface area contributed by atoms with Gasteiger partial charge in [-0.05, 0) is 53.6 Å². The van der Waals surface area contributed by atoms with Crippen LogP contribution in [0.3, 0.4) is 0 Å². The molecule has 0 fully saturated rings. The van der Waals surface area contributed by atoms with Gasteiger partial charge in [-0.2, -0.15) is 0 Å². The van der Waals surface area contributed by atoms with Crippen LogP contribution in [0.25, 0.3) is 11.0 Å². The summed E-state index contributed by atoms with van der Waals surface area (Å²) in [6.45, 7) is 1.07. The van der Waals surface area contributed by atoms with Gasteiger partial charge in [0.25, 0.3) is 0 Å². The normalized spacial score (nSPS) is 11.2. The molecule has 3 N–H and O–H groups in total. The number of Topliss-reactive ketones (excluding diaryl/α,β-unsaturated/α-hetero) is 1. The molecule has 1 unspecified atom stereocenters. The van der Waals surface area contributed by atoms with Crippen LogP contribution in [0.2, 0.25) is 0 Å². The second-order valence-corrected chi connectivity index (χ2v) is 15.0. The molecule has 0 aliphatic rings. The van der Waals surface area contributed by atoms with Gasteiger partial charge >= 0.3 is 29.9 Å². The lowest BCUT2D eigenvalue weighted by atomic mass is 10.1. The number of carboxylic acids is 1. The molecule has 5 rings (SSSR count). The number of halogens is 2. The first-order valence-corrected chi connectivity index (χ1v) is 20.8. The van der Waals surface area contributed by atoms with Crippen molar-refractivity contribution in [1.29, 1.82) is 0 Å². The Kier molecular flexibility index (Phi) is 17.6. The Morgan fingerprint density at radius 3 is 2.05 bits per heavy atom. The van der Waals surface area contributed by atoms with Crippen molar-refractivity contribution in [3.63, 3.8) is 0 Å². The number of alkyl carbamates (subject to hydrolysis) is 1. The van der Waals surface area contributed by atoms with Crippen molar-refractivity contribution in [2.75, 3.05) is 68.8 Å². The monoisotopic (exact) mass is 903 g/mol. The molecule has 0 saturated carbocycles. The summed E-state index contributed by atoms with van der Waals surface area (Å²) in [5.74, 6) is -0.406. The molecular formula is C45H47Cl2N5O11. The quantitative estimate of drug-likeness (QED) is 0.0387. The van der Waals surface area contributed by atoms with E-state index in [0.717, 1.165) is 16.9 Å². The van der Waals surface area contributed by atoms with Gasteiger partial charge < -0.3 is 49.1 Å². The number of ketones is 1. The van der Waals surface area contributed by atoms with Gasteiger partial charge in [0.05, 0.1) is 12.1 Å². The Hall–Kier alpha value is -6.78. The van der Waals surface area contributed by atoms with Gasteiger partial charge in [-0.25, -0.2) is 24.0 Å². The SMILES string of the molecule is CN(CCN(C)C(=O)Oc1ccc2cc(COC(=O)NC(Cc3ccc(N(CCCl)CCCl)cc3)C(=O)O)c(=O)oc2c1)C(=O)OCc1ccc(NCC(=O)c2ccccc2)cc1. The van der Waals surface area contributed by atoms with Crippen molar-refractivity contribution in [3.8, 4) is 5.75 Å². The number of amides is 3. The first-order valence-electron chi connectivity index (χ1n) is 19.7. The summed E-state index contributed by atoms with van der Waals surface area (Å²) in [6.07, 6.45) is -2.41. The molecule has 3 amide bonds. The third-order valence-electron chi connectivity index (χ3n) is 9.64. The minimum atomic E-state index is -1.31. The zero-order chi connectivity index (χ0) is 45.3. The molecule has 4 aromatic carbocycles. The van der Waals surface area contributed by atoms with E-state index in [9.17, 15) is 33.9 Å². The van der Waals surface area contributed by atoms with Crippen LogP contribution in [0.15, 0.2) is 112 Å². The van der Waals surface area contributed by atoms with E-state index in [4.69, 9.17) is 41.8 Å². The molecule has 0 radical (unpaired) electrons. The van der Waals surface area contributed by atoms with E-state index >= 15 is 0 Å². The lowest BCUT2D eigenvalue weighted by Crippen LogP contribution is -2.42. The highest BCUT2D eigenvalue weighted by Crippen LogP contribution is 2.22. The average molecular weight is 905 g/mol. The van der Waals surface area contributed by atoms with Crippen LogP contribution in [-0.4, -0.2) is 110 Å². The first-order chi connectivity index (χ1) is 30.3. The fraction of sp³-hybridized carbons (Fsp3) is 0.289. The van der Waals surface area contributed by atoms with Crippen LogP contribution in [0.4, 0.5) is 25.8 Å². The Morgan fingerprint density at radius 2 is 1.40 bits per heavy atom. The van der Waals surface area contributed by atoms with Gasteiger partial charge in [0.15, 0.2) is 5.78 Å². The third-order valence-corrected chi connectivity index (χ3v) is 9.98. The zero-order valence-electron chi connectivity index (χ0n) is 34.6. The van der Waals surface area contributed by atoms with Crippen molar-refractivity contribution >= 4 is 75.6 Å². The van der Waals surface area contributed by atoms with Crippen molar-refractivity contribution in [3.05, 3.63) is 136 Å². The number of rotatable bonds is 21.